The quantitative estimate of drug-likeness (QED) is 0.912. The number of hydrogen-bond donors (Lipinski definition) is 1. The number of aromatic nitrogens is 1. The number of piperidine rings is 1. The smallest absolute Gasteiger partial charge is 0.294 e. The molecule has 1 aliphatic heterocycles. The summed E-state index contributed by atoms with van der Waals surface area (Å²) in [4.78, 5) is 4.42. The Balaban J connectivity index is 1.62. The molecule has 0 unspecified atom stereocenters. The summed E-state index contributed by atoms with van der Waals surface area (Å²) in [7, 11) is 0. The van der Waals surface area contributed by atoms with Crippen LogP contribution in [-0.2, 0) is 0 Å². The molecule has 1 aromatic heterocycles. The highest BCUT2D eigenvalue weighted by molar-refractivity contribution is 7.22. The van der Waals surface area contributed by atoms with Gasteiger partial charge in [0.15, 0.2) is 5.13 Å². The Hall–Kier alpha value is -1.34. The summed E-state index contributed by atoms with van der Waals surface area (Å²) >= 11 is 1.51. The Morgan fingerprint density at radius 1 is 1.20 bits per heavy atom. The van der Waals surface area contributed by atoms with Gasteiger partial charge in [0.2, 0.25) is 0 Å². The predicted octanol–water partition coefficient (Wildman–Crippen LogP) is 3.90. The Morgan fingerprint density at radius 3 is 2.55 bits per heavy atom. The van der Waals surface area contributed by atoms with Crippen LogP contribution >= 0.6 is 11.3 Å². The van der Waals surface area contributed by atoms with Crippen molar-refractivity contribution >= 4 is 26.7 Å². The van der Waals surface area contributed by atoms with Gasteiger partial charge < -0.3 is 0 Å². The van der Waals surface area contributed by atoms with Crippen molar-refractivity contribution in [2.45, 2.75) is 19.0 Å². The van der Waals surface area contributed by atoms with Gasteiger partial charge in [0, 0.05) is 13.1 Å². The second kappa shape index (κ2) is 5.21. The Bertz CT molecular complexity index is 555. The number of thiazole rings is 1. The van der Waals surface area contributed by atoms with Crippen LogP contribution in [0.25, 0.3) is 10.2 Å². The Kier molecular flexibility index (Phi) is 3.55. The van der Waals surface area contributed by atoms with Crippen molar-refractivity contribution < 1.29 is 13.2 Å². The average molecular weight is 301 g/mol. The minimum absolute atomic E-state index is 0.140. The summed E-state index contributed by atoms with van der Waals surface area (Å²) in [6.45, 7) is 0.778. The number of nitrogens with one attached hydrogen (secondary N) is 1. The minimum atomic E-state index is -4.07. The molecule has 1 aliphatic rings. The van der Waals surface area contributed by atoms with Crippen molar-refractivity contribution in [1.29, 1.82) is 0 Å². The SMILES string of the molecule is FC(F)(F)C1CCN(Nc2nc3ccccc3s2)CC1. The molecular formula is C13H14F3N3S. The minimum Gasteiger partial charge on any atom is -0.294 e. The summed E-state index contributed by atoms with van der Waals surface area (Å²) in [5, 5.41) is 2.55. The fourth-order valence-corrected chi connectivity index (χ4v) is 3.27. The van der Waals surface area contributed by atoms with Gasteiger partial charge in [-0.2, -0.15) is 13.2 Å². The molecule has 1 saturated heterocycles. The van der Waals surface area contributed by atoms with Gasteiger partial charge in [0.25, 0.3) is 0 Å². The molecule has 2 aromatic rings. The number of alkyl halides is 3. The van der Waals surface area contributed by atoms with Crippen molar-refractivity contribution in [1.82, 2.24) is 9.99 Å². The van der Waals surface area contributed by atoms with Gasteiger partial charge in [0.1, 0.15) is 0 Å². The van der Waals surface area contributed by atoms with E-state index in [1.165, 1.54) is 11.3 Å². The molecule has 1 aromatic carbocycles. The van der Waals surface area contributed by atoms with Gasteiger partial charge in [-0.15, -0.1) is 0 Å². The zero-order valence-corrected chi connectivity index (χ0v) is 11.5. The molecule has 108 valence electrons. The molecule has 3 nitrogen and oxygen atoms in total. The summed E-state index contributed by atoms with van der Waals surface area (Å²) < 4.78 is 38.8. The Labute approximate surface area is 118 Å². The van der Waals surface area contributed by atoms with E-state index in [-0.39, 0.29) is 12.8 Å². The largest absolute Gasteiger partial charge is 0.391 e. The molecule has 0 radical (unpaired) electrons. The number of halogens is 3. The maximum absolute atomic E-state index is 12.6. The predicted molar refractivity (Wildman–Crippen MR) is 73.6 cm³/mol. The first-order chi connectivity index (χ1) is 9.52. The van der Waals surface area contributed by atoms with Gasteiger partial charge in [-0.05, 0) is 25.0 Å². The van der Waals surface area contributed by atoms with Crippen molar-refractivity contribution in [3.63, 3.8) is 0 Å². The maximum Gasteiger partial charge on any atom is 0.391 e. The fraction of sp³-hybridized carbons (Fsp3) is 0.462. The van der Waals surface area contributed by atoms with E-state index in [1.54, 1.807) is 0 Å². The van der Waals surface area contributed by atoms with Gasteiger partial charge in [-0.3, -0.25) is 5.43 Å². The molecule has 0 saturated carbocycles. The van der Waals surface area contributed by atoms with Crippen molar-refractivity contribution in [2.75, 3.05) is 18.5 Å². The van der Waals surface area contributed by atoms with Crippen LogP contribution in [0.1, 0.15) is 12.8 Å². The summed E-state index contributed by atoms with van der Waals surface area (Å²) in [6.07, 6.45) is -3.79. The average Bonchev–Trinajstić information content (AvgIpc) is 2.80. The van der Waals surface area contributed by atoms with Crippen molar-refractivity contribution in [3.05, 3.63) is 24.3 Å². The maximum atomic E-state index is 12.6. The molecule has 0 atom stereocenters. The zero-order valence-electron chi connectivity index (χ0n) is 10.7. The van der Waals surface area contributed by atoms with E-state index >= 15 is 0 Å². The molecule has 0 amide bonds. The third kappa shape index (κ3) is 2.88. The third-order valence-electron chi connectivity index (χ3n) is 3.51. The molecule has 7 heteroatoms. The van der Waals surface area contributed by atoms with E-state index < -0.39 is 12.1 Å². The molecule has 0 aliphatic carbocycles. The lowest BCUT2D eigenvalue weighted by molar-refractivity contribution is -0.184. The summed E-state index contributed by atoms with van der Waals surface area (Å²) in [6, 6.07) is 7.76. The number of para-hydroxylation sites is 1. The van der Waals surface area contributed by atoms with E-state index in [0.29, 0.717) is 13.1 Å². The van der Waals surface area contributed by atoms with Crippen LogP contribution in [0.4, 0.5) is 18.3 Å². The number of rotatable bonds is 2. The van der Waals surface area contributed by atoms with Gasteiger partial charge in [-0.25, -0.2) is 9.99 Å². The molecule has 1 fully saturated rings. The van der Waals surface area contributed by atoms with E-state index in [4.69, 9.17) is 0 Å². The number of anilines is 1. The lowest BCUT2D eigenvalue weighted by Gasteiger charge is -2.32. The summed E-state index contributed by atoms with van der Waals surface area (Å²) in [5.41, 5.74) is 4.02. The zero-order chi connectivity index (χ0) is 14.2. The molecule has 1 N–H and O–H groups in total. The molecular weight excluding hydrogens is 287 g/mol. The molecule has 20 heavy (non-hydrogen) atoms. The van der Waals surface area contributed by atoms with Crippen LogP contribution in [-0.4, -0.2) is 29.3 Å². The van der Waals surface area contributed by atoms with Crippen LogP contribution in [0.5, 0.6) is 0 Å². The van der Waals surface area contributed by atoms with E-state index in [1.807, 2.05) is 29.3 Å². The highest BCUT2D eigenvalue weighted by Gasteiger charge is 2.41. The van der Waals surface area contributed by atoms with Gasteiger partial charge in [-0.1, -0.05) is 23.5 Å². The number of fused-ring (bicyclic) bond motifs is 1. The number of hydrazine groups is 1. The molecule has 0 spiro atoms. The van der Waals surface area contributed by atoms with Crippen LogP contribution in [0.3, 0.4) is 0 Å². The highest BCUT2D eigenvalue weighted by atomic mass is 32.1. The highest BCUT2D eigenvalue weighted by Crippen LogP contribution is 2.34. The van der Waals surface area contributed by atoms with Gasteiger partial charge >= 0.3 is 6.18 Å². The normalized spacial score (nSPS) is 18.6. The van der Waals surface area contributed by atoms with Crippen molar-refractivity contribution in [3.8, 4) is 0 Å². The van der Waals surface area contributed by atoms with E-state index in [0.717, 1.165) is 15.3 Å². The third-order valence-corrected chi connectivity index (χ3v) is 4.45. The number of benzene rings is 1. The fourth-order valence-electron chi connectivity index (χ4n) is 2.37. The number of nitrogens with zero attached hydrogens (tertiary/aromatic N) is 2. The summed E-state index contributed by atoms with van der Waals surface area (Å²) in [5.74, 6) is -1.17. The first-order valence-electron chi connectivity index (χ1n) is 6.46. The van der Waals surface area contributed by atoms with Crippen LogP contribution in [0.15, 0.2) is 24.3 Å². The lowest BCUT2D eigenvalue weighted by Crippen LogP contribution is -2.41. The first kappa shape index (κ1) is 13.6. The van der Waals surface area contributed by atoms with Crippen molar-refractivity contribution in [2.24, 2.45) is 5.92 Å². The number of hydrogen-bond acceptors (Lipinski definition) is 4. The second-order valence-corrected chi connectivity index (χ2v) is 5.93. The monoisotopic (exact) mass is 301 g/mol. The van der Waals surface area contributed by atoms with Crippen LogP contribution < -0.4 is 5.43 Å². The standard InChI is InChI=1S/C13H14F3N3S/c14-13(15,16)9-5-7-19(8-6-9)18-12-17-10-3-1-2-4-11(10)20-12/h1-4,9H,5-8H2,(H,17,18). The van der Waals surface area contributed by atoms with Gasteiger partial charge in [0.05, 0.1) is 16.1 Å². The molecule has 0 bridgehead atoms. The molecule has 3 rings (SSSR count). The topological polar surface area (TPSA) is 28.2 Å². The first-order valence-corrected chi connectivity index (χ1v) is 7.28. The second-order valence-electron chi connectivity index (χ2n) is 4.90. The van der Waals surface area contributed by atoms with E-state index in [9.17, 15) is 13.2 Å². The van der Waals surface area contributed by atoms with E-state index in [2.05, 4.69) is 10.4 Å². The lowest BCUT2D eigenvalue weighted by atomic mass is 9.97. The van der Waals surface area contributed by atoms with Crippen LogP contribution in [0, 0.1) is 5.92 Å². The Morgan fingerprint density at radius 2 is 1.90 bits per heavy atom. The van der Waals surface area contributed by atoms with Crippen LogP contribution in [0.2, 0.25) is 0 Å². The molecule has 2 heterocycles.